The molecule has 0 aliphatic rings. The van der Waals surface area contributed by atoms with Gasteiger partial charge in [-0.2, -0.15) is 0 Å². The highest BCUT2D eigenvalue weighted by atomic mass is 31.2. The van der Waals surface area contributed by atoms with Crippen LogP contribution in [0, 0.1) is 0 Å². The van der Waals surface area contributed by atoms with Crippen molar-refractivity contribution in [3.8, 4) is 0 Å². The maximum absolute atomic E-state index is 4.96. The summed E-state index contributed by atoms with van der Waals surface area (Å²) in [4.78, 5) is 0. The van der Waals surface area contributed by atoms with Crippen LogP contribution in [0.3, 0.4) is 0 Å². The minimum Gasteiger partial charge on any atom is -0.342 e. The van der Waals surface area contributed by atoms with E-state index in [-0.39, 0.29) is 0 Å². The molecule has 148 valence electrons. The van der Waals surface area contributed by atoms with Crippen LogP contribution in [0.4, 0.5) is 0 Å². The van der Waals surface area contributed by atoms with Crippen molar-refractivity contribution in [2.75, 3.05) is 56.4 Å². The molecule has 0 atom stereocenters. The Hall–Kier alpha value is -0.680. The van der Waals surface area contributed by atoms with Gasteiger partial charge in [-0.3, -0.25) is 18.7 Å². The molecular formula is C17H35N7P2. The molecule has 1 heterocycles. The summed E-state index contributed by atoms with van der Waals surface area (Å²) in [5.74, 6) is 0. The van der Waals surface area contributed by atoms with Crippen LogP contribution >= 0.6 is 16.7 Å². The lowest BCUT2D eigenvalue weighted by Crippen LogP contribution is -2.18. The molecule has 0 saturated carbocycles. The molecule has 0 fully saturated rings. The predicted octanol–water partition coefficient (Wildman–Crippen LogP) is 3.34. The molecule has 0 unspecified atom stereocenters. The Morgan fingerprint density at radius 3 is 1.19 bits per heavy atom. The van der Waals surface area contributed by atoms with Crippen molar-refractivity contribution in [2.45, 2.75) is 13.8 Å². The standard InChI is InChI=1S/C17H35N7P2/c1-14(18-25(20(3)4)21(5)6)16-12-13-17(24(16)11)15(2)19-26(22(7)8)23(9)10/h12-13H,1-11H3/b18-14-,19-15+. The molecule has 0 radical (unpaired) electrons. The first-order valence-corrected chi connectivity index (χ1v) is 10.9. The van der Waals surface area contributed by atoms with Gasteiger partial charge in [-0.05, 0) is 82.4 Å². The Kier molecular flexibility index (Phi) is 9.01. The summed E-state index contributed by atoms with van der Waals surface area (Å²) in [6.45, 7) is 4.17. The second-order valence-electron chi connectivity index (χ2n) is 6.96. The van der Waals surface area contributed by atoms with E-state index in [2.05, 4.69) is 113 Å². The quantitative estimate of drug-likeness (QED) is 0.497. The maximum atomic E-state index is 4.96. The smallest absolute Gasteiger partial charge is 0.168 e. The normalized spacial score (nSPS) is 14.2. The Morgan fingerprint density at radius 1 is 0.692 bits per heavy atom. The van der Waals surface area contributed by atoms with Gasteiger partial charge in [0.05, 0.1) is 22.8 Å². The minimum atomic E-state index is -0.690. The van der Waals surface area contributed by atoms with Crippen LogP contribution in [0.2, 0.25) is 0 Å². The van der Waals surface area contributed by atoms with Crippen molar-refractivity contribution < 1.29 is 0 Å². The third-order valence-electron chi connectivity index (χ3n) is 3.77. The maximum Gasteiger partial charge on any atom is 0.168 e. The third-order valence-corrected chi connectivity index (χ3v) is 7.59. The Labute approximate surface area is 162 Å². The number of rotatable bonds is 8. The summed E-state index contributed by atoms with van der Waals surface area (Å²) in [6.07, 6.45) is 0. The molecule has 0 amide bonds. The SMILES string of the molecule is C/C(=N/P(N(C)C)N(C)C)c1ccc(/C(C)=N/P(N(C)C)N(C)C)n1C. The topological polar surface area (TPSA) is 42.6 Å². The Morgan fingerprint density at radius 2 is 0.962 bits per heavy atom. The second-order valence-corrected chi connectivity index (χ2v) is 11.6. The van der Waals surface area contributed by atoms with Crippen LogP contribution in [0.25, 0.3) is 0 Å². The lowest BCUT2D eigenvalue weighted by atomic mass is 10.3. The van der Waals surface area contributed by atoms with Crippen LogP contribution in [-0.4, -0.2) is 91.1 Å². The Balaban J connectivity index is 3.21. The molecule has 26 heavy (non-hydrogen) atoms. The van der Waals surface area contributed by atoms with E-state index in [1.54, 1.807) is 0 Å². The first-order valence-electron chi connectivity index (χ1n) is 8.53. The molecule has 1 aromatic heterocycles. The van der Waals surface area contributed by atoms with Crippen molar-refractivity contribution in [3.63, 3.8) is 0 Å². The monoisotopic (exact) mass is 399 g/mol. The lowest BCUT2D eigenvalue weighted by molar-refractivity contribution is 0.575. The van der Waals surface area contributed by atoms with Crippen molar-refractivity contribution in [3.05, 3.63) is 23.5 Å². The van der Waals surface area contributed by atoms with Crippen LogP contribution < -0.4 is 0 Å². The summed E-state index contributed by atoms with van der Waals surface area (Å²) in [5.41, 5.74) is 4.35. The van der Waals surface area contributed by atoms with Crippen molar-refractivity contribution in [2.24, 2.45) is 16.6 Å². The average molecular weight is 399 g/mol. The fourth-order valence-electron chi connectivity index (χ4n) is 2.68. The number of aromatic nitrogens is 1. The molecule has 1 rings (SSSR count). The molecule has 0 aliphatic heterocycles. The third kappa shape index (κ3) is 5.91. The molecule has 0 aliphatic carbocycles. The van der Waals surface area contributed by atoms with Crippen LogP contribution in [0.1, 0.15) is 25.2 Å². The molecule has 0 bridgehead atoms. The second kappa shape index (κ2) is 10.0. The summed E-state index contributed by atoms with van der Waals surface area (Å²) in [6, 6.07) is 4.28. The highest BCUT2D eigenvalue weighted by Crippen LogP contribution is 2.42. The molecule has 0 N–H and O–H groups in total. The molecule has 0 aromatic carbocycles. The molecule has 9 heteroatoms. The van der Waals surface area contributed by atoms with Gasteiger partial charge in [-0.1, -0.05) is 0 Å². The fraction of sp³-hybridized carbons (Fsp3) is 0.647. The lowest BCUT2D eigenvalue weighted by Gasteiger charge is -2.26. The minimum absolute atomic E-state index is 0.690. The van der Waals surface area contributed by atoms with E-state index in [1.165, 1.54) is 0 Å². The summed E-state index contributed by atoms with van der Waals surface area (Å²) in [7, 11) is 17.3. The van der Waals surface area contributed by atoms with Gasteiger partial charge in [0, 0.05) is 7.05 Å². The Bertz CT molecular complexity index is 578. The zero-order valence-corrected chi connectivity index (χ0v) is 20.0. The molecule has 0 saturated heterocycles. The van der Waals surface area contributed by atoms with Crippen LogP contribution in [0.5, 0.6) is 0 Å². The number of hydrogen-bond donors (Lipinski definition) is 0. The van der Waals surface area contributed by atoms with Crippen molar-refractivity contribution in [1.29, 1.82) is 0 Å². The van der Waals surface area contributed by atoms with E-state index in [9.17, 15) is 0 Å². The number of hydrogen-bond acceptors (Lipinski definition) is 6. The van der Waals surface area contributed by atoms with E-state index in [1.807, 2.05) is 0 Å². The van der Waals surface area contributed by atoms with Gasteiger partial charge in [-0.25, -0.2) is 9.53 Å². The van der Waals surface area contributed by atoms with Gasteiger partial charge in [0.15, 0.2) is 16.7 Å². The zero-order chi connectivity index (χ0) is 20.2. The van der Waals surface area contributed by atoms with Gasteiger partial charge in [0.25, 0.3) is 0 Å². The summed E-state index contributed by atoms with van der Waals surface area (Å²) < 4.78 is 20.8. The largest absolute Gasteiger partial charge is 0.342 e. The molecule has 0 spiro atoms. The highest BCUT2D eigenvalue weighted by molar-refractivity contribution is 7.51. The summed E-state index contributed by atoms with van der Waals surface area (Å²) in [5, 5.41) is 0. The van der Waals surface area contributed by atoms with Gasteiger partial charge in [0.2, 0.25) is 0 Å². The van der Waals surface area contributed by atoms with Crippen molar-refractivity contribution in [1.82, 2.24) is 23.2 Å². The number of nitrogens with zero attached hydrogens (tertiary/aromatic N) is 7. The first-order chi connectivity index (χ1) is 12.0. The van der Waals surface area contributed by atoms with E-state index >= 15 is 0 Å². The van der Waals surface area contributed by atoms with E-state index in [4.69, 9.17) is 9.53 Å². The van der Waals surface area contributed by atoms with Gasteiger partial charge in [0.1, 0.15) is 0 Å². The van der Waals surface area contributed by atoms with Crippen LogP contribution in [0.15, 0.2) is 21.7 Å². The molecule has 7 nitrogen and oxygen atoms in total. The predicted molar refractivity (Wildman–Crippen MR) is 118 cm³/mol. The average Bonchev–Trinajstić information content (AvgIpc) is 2.90. The van der Waals surface area contributed by atoms with Crippen LogP contribution in [-0.2, 0) is 7.05 Å². The van der Waals surface area contributed by atoms with Crippen molar-refractivity contribution >= 4 is 28.2 Å². The zero-order valence-electron chi connectivity index (χ0n) is 18.2. The fourth-order valence-corrected chi connectivity index (χ4v) is 5.57. The van der Waals surface area contributed by atoms with Gasteiger partial charge < -0.3 is 4.57 Å². The van der Waals surface area contributed by atoms with Gasteiger partial charge in [-0.15, -0.1) is 0 Å². The summed E-state index contributed by atoms with van der Waals surface area (Å²) >= 11 is 0. The highest BCUT2D eigenvalue weighted by Gasteiger charge is 2.18. The van der Waals surface area contributed by atoms with Gasteiger partial charge >= 0.3 is 0 Å². The molecule has 1 aromatic rings. The first kappa shape index (κ1) is 23.4. The molecular weight excluding hydrogens is 364 g/mol. The van der Waals surface area contributed by atoms with E-state index < -0.39 is 16.7 Å². The van der Waals surface area contributed by atoms with E-state index in [0.717, 1.165) is 22.8 Å². The van der Waals surface area contributed by atoms with E-state index in [0.29, 0.717) is 0 Å².